The molecule has 0 bridgehead atoms. The van der Waals surface area contributed by atoms with E-state index in [1.807, 2.05) is 41.8 Å². The van der Waals surface area contributed by atoms with Gasteiger partial charge in [-0.15, -0.1) is 11.3 Å². The first kappa shape index (κ1) is 16.8. The number of anilines is 1. The van der Waals surface area contributed by atoms with Gasteiger partial charge in [0.15, 0.2) is 6.61 Å². The Morgan fingerprint density at radius 1 is 1.08 bits per heavy atom. The van der Waals surface area contributed by atoms with E-state index in [1.54, 1.807) is 29.5 Å². The first-order valence-corrected chi connectivity index (χ1v) is 8.77. The number of nitrogens with one attached hydrogen (secondary N) is 1. The number of ether oxygens (including phenoxy) is 1. The molecule has 1 amide bonds. The summed E-state index contributed by atoms with van der Waals surface area (Å²) in [6.07, 6.45) is 0. The number of halogens is 2. The SMILES string of the molecule is O=C(COc1ccc(Cl)cc1Cl)Nc1ccccc1-c1cccs1. The first-order valence-electron chi connectivity index (χ1n) is 7.14. The van der Waals surface area contributed by atoms with Crippen LogP contribution in [0.1, 0.15) is 0 Å². The molecule has 1 N–H and O–H groups in total. The molecule has 0 aliphatic carbocycles. The fourth-order valence-corrected chi connectivity index (χ4v) is 3.39. The van der Waals surface area contributed by atoms with Crippen molar-refractivity contribution < 1.29 is 9.53 Å². The summed E-state index contributed by atoms with van der Waals surface area (Å²) in [4.78, 5) is 13.3. The summed E-state index contributed by atoms with van der Waals surface area (Å²) in [6, 6.07) is 16.5. The normalized spacial score (nSPS) is 10.4. The molecule has 0 atom stereocenters. The molecule has 0 spiro atoms. The Labute approximate surface area is 153 Å². The molecule has 1 heterocycles. The number of rotatable bonds is 5. The maximum Gasteiger partial charge on any atom is 0.262 e. The molecule has 1 aromatic heterocycles. The molecule has 2 aromatic carbocycles. The van der Waals surface area contributed by atoms with E-state index in [0.717, 1.165) is 16.1 Å². The topological polar surface area (TPSA) is 38.3 Å². The molecule has 6 heteroatoms. The highest BCUT2D eigenvalue weighted by molar-refractivity contribution is 7.13. The van der Waals surface area contributed by atoms with Crippen molar-refractivity contribution in [2.24, 2.45) is 0 Å². The second-order valence-corrected chi connectivity index (χ2v) is 6.73. The molecule has 0 unspecified atom stereocenters. The molecule has 3 nitrogen and oxygen atoms in total. The van der Waals surface area contributed by atoms with Crippen LogP contribution in [0, 0.1) is 0 Å². The van der Waals surface area contributed by atoms with Crippen LogP contribution < -0.4 is 10.1 Å². The van der Waals surface area contributed by atoms with Gasteiger partial charge in [0.2, 0.25) is 0 Å². The zero-order valence-corrected chi connectivity index (χ0v) is 14.8. The molecule has 0 fully saturated rings. The Balaban J connectivity index is 1.67. The van der Waals surface area contributed by atoms with Crippen molar-refractivity contribution in [2.45, 2.75) is 0 Å². The van der Waals surface area contributed by atoms with Gasteiger partial charge in [-0.2, -0.15) is 0 Å². The second kappa shape index (κ2) is 7.71. The van der Waals surface area contributed by atoms with Gasteiger partial charge >= 0.3 is 0 Å². The van der Waals surface area contributed by atoms with Gasteiger partial charge in [0.05, 0.1) is 5.02 Å². The second-order valence-electron chi connectivity index (χ2n) is 4.93. The zero-order chi connectivity index (χ0) is 16.9. The predicted molar refractivity (Wildman–Crippen MR) is 100 cm³/mol. The van der Waals surface area contributed by atoms with Crippen LogP contribution in [0.2, 0.25) is 10.0 Å². The van der Waals surface area contributed by atoms with Crippen LogP contribution in [-0.2, 0) is 4.79 Å². The van der Waals surface area contributed by atoms with Crippen molar-refractivity contribution in [3.05, 3.63) is 70.0 Å². The maximum absolute atomic E-state index is 12.2. The monoisotopic (exact) mass is 377 g/mol. The third kappa shape index (κ3) is 4.09. The molecule has 3 aromatic rings. The molecular weight excluding hydrogens is 365 g/mol. The lowest BCUT2D eigenvalue weighted by molar-refractivity contribution is -0.118. The van der Waals surface area contributed by atoms with Crippen molar-refractivity contribution in [1.82, 2.24) is 0 Å². The lowest BCUT2D eigenvalue weighted by Crippen LogP contribution is -2.20. The summed E-state index contributed by atoms with van der Waals surface area (Å²) < 4.78 is 5.46. The lowest BCUT2D eigenvalue weighted by Gasteiger charge is -2.11. The Hall–Kier alpha value is -2.01. The summed E-state index contributed by atoms with van der Waals surface area (Å²) >= 11 is 13.5. The fraction of sp³-hybridized carbons (Fsp3) is 0.0556. The van der Waals surface area contributed by atoms with Gasteiger partial charge in [0.25, 0.3) is 5.91 Å². The molecule has 0 aliphatic heterocycles. The molecule has 0 radical (unpaired) electrons. The number of hydrogen-bond donors (Lipinski definition) is 1. The first-order chi connectivity index (χ1) is 11.6. The lowest BCUT2D eigenvalue weighted by atomic mass is 10.1. The molecule has 0 saturated carbocycles. The number of carbonyl (C=O) groups is 1. The number of para-hydroxylation sites is 1. The fourth-order valence-electron chi connectivity index (χ4n) is 2.16. The third-order valence-electron chi connectivity index (χ3n) is 3.24. The number of carbonyl (C=O) groups excluding carboxylic acids is 1. The number of hydrogen-bond acceptors (Lipinski definition) is 3. The van der Waals surface area contributed by atoms with Crippen LogP contribution in [0.5, 0.6) is 5.75 Å². The maximum atomic E-state index is 12.2. The largest absolute Gasteiger partial charge is 0.482 e. The molecular formula is C18H13Cl2NO2S. The predicted octanol–water partition coefficient (Wildman–Crippen LogP) is 5.74. The van der Waals surface area contributed by atoms with Crippen LogP contribution in [-0.4, -0.2) is 12.5 Å². The minimum atomic E-state index is -0.259. The van der Waals surface area contributed by atoms with Crippen LogP contribution in [0.4, 0.5) is 5.69 Å². The van der Waals surface area contributed by atoms with Gasteiger partial charge in [-0.25, -0.2) is 0 Å². The van der Waals surface area contributed by atoms with Crippen molar-refractivity contribution in [2.75, 3.05) is 11.9 Å². The van der Waals surface area contributed by atoms with E-state index in [4.69, 9.17) is 27.9 Å². The van der Waals surface area contributed by atoms with Gasteiger partial charge in [-0.05, 0) is 35.7 Å². The van der Waals surface area contributed by atoms with Crippen molar-refractivity contribution in [1.29, 1.82) is 0 Å². The van der Waals surface area contributed by atoms with Crippen molar-refractivity contribution in [3.63, 3.8) is 0 Å². The summed E-state index contributed by atoms with van der Waals surface area (Å²) in [5.74, 6) is 0.160. The summed E-state index contributed by atoms with van der Waals surface area (Å²) in [5.41, 5.74) is 1.72. The summed E-state index contributed by atoms with van der Waals surface area (Å²) in [5, 5.41) is 5.76. The molecule has 0 aliphatic rings. The van der Waals surface area contributed by atoms with Crippen LogP contribution >= 0.6 is 34.5 Å². The standard InChI is InChI=1S/C18H13Cl2NO2S/c19-12-7-8-16(14(20)10-12)23-11-18(22)21-15-5-2-1-4-13(15)17-6-3-9-24-17/h1-10H,11H2,(H,21,22). The highest BCUT2D eigenvalue weighted by Gasteiger charge is 2.10. The minimum absolute atomic E-state index is 0.139. The van der Waals surface area contributed by atoms with Gasteiger partial charge in [0.1, 0.15) is 5.75 Å². The van der Waals surface area contributed by atoms with E-state index < -0.39 is 0 Å². The molecule has 0 saturated heterocycles. The van der Waals surface area contributed by atoms with Crippen molar-refractivity contribution in [3.8, 4) is 16.2 Å². The van der Waals surface area contributed by atoms with Crippen LogP contribution in [0.25, 0.3) is 10.4 Å². The molecule has 122 valence electrons. The number of thiophene rings is 1. The van der Waals surface area contributed by atoms with Crippen LogP contribution in [0.3, 0.4) is 0 Å². The Morgan fingerprint density at radius 2 is 1.92 bits per heavy atom. The average molecular weight is 378 g/mol. The van der Waals surface area contributed by atoms with Gasteiger partial charge in [-0.1, -0.05) is 47.5 Å². The minimum Gasteiger partial charge on any atom is -0.482 e. The zero-order valence-electron chi connectivity index (χ0n) is 12.5. The number of benzene rings is 2. The van der Waals surface area contributed by atoms with E-state index in [9.17, 15) is 4.79 Å². The Morgan fingerprint density at radius 3 is 2.67 bits per heavy atom. The highest BCUT2D eigenvalue weighted by atomic mass is 35.5. The smallest absolute Gasteiger partial charge is 0.262 e. The summed E-state index contributed by atoms with van der Waals surface area (Å²) in [7, 11) is 0. The van der Waals surface area contributed by atoms with Gasteiger partial charge in [-0.3, -0.25) is 4.79 Å². The summed E-state index contributed by atoms with van der Waals surface area (Å²) in [6.45, 7) is -0.139. The molecule has 3 rings (SSSR count). The van der Waals surface area contributed by atoms with E-state index in [1.165, 1.54) is 0 Å². The van der Waals surface area contributed by atoms with E-state index in [0.29, 0.717) is 15.8 Å². The van der Waals surface area contributed by atoms with E-state index >= 15 is 0 Å². The third-order valence-corrected chi connectivity index (χ3v) is 4.67. The Bertz CT molecular complexity index is 850. The average Bonchev–Trinajstić information content (AvgIpc) is 3.09. The van der Waals surface area contributed by atoms with Gasteiger partial charge < -0.3 is 10.1 Å². The Kier molecular flexibility index (Phi) is 5.41. The van der Waals surface area contributed by atoms with Gasteiger partial charge in [0, 0.05) is 21.2 Å². The molecule has 24 heavy (non-hydrogen) atoms. The number of amides is 1. The van der Waals surface area contributed by atoms with E-state index in [-0.39, 0.29) is 12.5 Å². The van der Waals surface area contributed by atoms with E-state index in [2.05, 4.69) is 5.32 Å². The van der Waals surface area contributed by atoms with Crippen molar-refractivity contribution >= 4 is 46.1 Å². The highest BCUT2D eigenvalue weighted by Crippen LogP contribution is 2.31. The quantitative estimate of drug-likeness (QED) is 0.615. The van der Waals surface area contributed by atoms with Crippen LogP contribution in [0.15, 0.2) is 60.0 Å².